The van der Waals surface area contributed by atoms with E-state index in [4.69, 9.17) is 0 Å². The average Bonchev–Trinajstić information content (AvgIpc) is 3.26. The monoisotopic (exact) mass is 399 g/mol. The van der Waals surface area contributed by atoms with Gasteiger partial charge in [-0.05, 0) is 56.2 Å². The molecule has 1 aliphatic rings. The molecule has 29 heavy (non-hydrogen) atoms. The first kappa shape index (κ1) is 19.2. The number of hydrogen-bond acceptors (Lipinski definition) is 3. The number of carbonyl (C=O) groups is 1. The van der Waals surface area contributed by atoms with E-state index in [1.807, 2.05) is 36.9 Å². The van der Waals surface area contributed by atoms with Crippen molar-refractivity contribution in [2.24, 2.45) is 0 Å². The summed E-state index contributed by atoms with van der Waals surface area (Å²) in [5.74, 6) is 0.0207. The summed E-state index contributed by atoms with van der Waals surface area (Å²) >= 11 is 0. The summed E-state index contributed by atoms with van der Waals surface area (Å²) in [7, 11) is 0. The molecule has 1 fully saturated rings. The Balaban J connectivity index is 1.45. The molecule has 0 saturated carbocycles. The molecule has 2 heterocycles. The molecule has 0 radical (unpaired) electrons. The van der Waals surface area contributed by atoms with E-state index in [2.05, 4.69) is 15.0 Å². The molecule has 1 atom stereocenters. The number of carbonyl (C=O) groups excluding carboxylic acids is 1. The van der Waals surface area contributed by atoms with Crippen LogP contribution in [0.2, 0.25) is 0 Å². The molecule has 1 aliphatic heterocycles. The maximum absolute atomic E-state index is 12.8. The van der Waals surface area contributed by atoms with E-state index >= 15 is 0 Å². The number of aromatic amines is 1. The van der Waals surface area contributed by atoms with Crippen LogP contribution in [0.5, 0.6) is 5.75 Å². The number of fused-ring (bicyclic) bond motifs is 1. The quantitative estimate of drug-likeness (QED) is 0.669. The van der Waals surface area contributed by atoms with Gasteiger partial charge in [-0.2, -0.15) is 8.78 Å². The third kappa shape index (κ3) is 3.90. The Bertz CT molecular complexity index is 1050. The minimum Gasteiger partial charge on any atom is -0.433 e. The fourth-order valence-electron chi connectivity index (χ4n) is 3.88. The number of anilines is 1. The second-order valence-corrected chi connectivity index (χ2v) is 7.39. The number of nitrogens with zero attached hydrogens (tertiary/aromatic N) is 1. The van der Waals surface area contributed by atoms with Gasteiger partial charge in [-0.3, -0.25) is 4.79 Å². The largest absolute Gasteiger partial charge is 0.433 e. The lowest BCUT2D eigenvalue weighted by Crippen LogP contribution is -2.37. The third-order valence-corrected chi connectivity index (χ3v) is 5.52. The first-order valence-electron chi connectivity index (χ1n) is 9.61. The predicted molar refractivity (Wildman–Crippen MR) is 109 cm³/mol. The van der Waals surface area contributed by atoms with E-state index in [1.165, 1.54) is 6.07 Å². The van der Waals surface area contributed by atoms with Gasteiger partial charge in [0.05, 0.1) is 5.69 Å². The lowest BCUT2D eigenvalue weighted by molar-refractivity contribution is -0.0495. The van der Waals surface area contributed by atoms with E-state index in [-0.39, 0.29) is 17.7 Å². The number of halogens is 2. The van der Waals surface area contributed by atoms with Gasteiger partial charge in [0.15, 0.2) is 0 Å². The molecule has 2 N–H and O–H groups in total. The van der Waals surface area contributed by atoms with Crippen molar-refractivity contribution in [3.8, 4) is 5.75 Å². The number of rotatable bonds is 5. The van der Waals surface area contributed by atoms with Gasteiger partial charge in [-0.15, -0.1) is 0 Å². The topological polar surface area (TPSA) is 57.4 Å². The molecular weight excluding hydrogens is 376 g/mol. The molecule has 0 aliphatic carbocycles. The van der Waals surface area contributed by atoms with Gasteiger partial charge < -0.3 is 19.9 Å². The molecule has 1 aromatic heterocycles. The van der Waals surface area contributed by atoms with Crippen LogP contribution in [-0.2, 0) is 0 Å². The molecule has 0 bridgehead atoms. The lowest BCUT2D eigenvalue weighted by Gasteiger charge is -2.22. The zero-order valence-corrected chi connectivity index (χ0v) is 16.3. The minimum absolute atomic E-state index is 0.0631. The minimum atomic E-state index is -2.87. The summed E-state index contributed by atoms with van der Waals surface area (Å²) in [6.45, 7) is 2.37. The number of benzene rings is 2. The second-order valence-electron chi connectivity index (χ2n) is 7.39. The second kappa shape index (κ2) is 7.73. The number of H-pyrrole nitrogens is 1. The zero-order chi connectivity index (χ0) is 20.5. The molecule has 1 saturated heterocycles. The maximum Gasteiger partial charge on any atom is 0.387 e. The van der Waals surface area contributed by atoms with Crippen molar-refractivity contribution >= 4 is 22.5 Å². The first-order chi connectivity index (χ1) is 13.9. The highest BCUT2D eigenvalue weighted by Crippen LogP contribution is 2.32. The Hall–Kier alpha value is -3.09. The zero-order valence-electron chi connectivity index (χ0n) is 16.3. The van der Waals surface area contributed by atoms with Gasteiger partial charge in [0.1, 0.15) is 5.75 Å². The van der Waals surface area contributed by atoms with Crippen molar-refractivity contribution in [2.75, 3.05) is 18.0 Å². The highest BCUT2D eigenvalue weighted by Gasteiger charge is 2.27. The van der Waals surface area contributed by atoms with Crippen LogP contribution in [0.1, 0.15) is 28.0 Å². The number of alkyl halides is 2. The van der Waals surface area contributed by atoms with Gasteiger partial charge in [0.25, 0.3) is 5.91 Å². The van der Waals surface area contributed by atoms with Crippen LogP contribution in [0.15, 0.2) is 42.5 Å². The highest BCUT2D eigenvalue weighted by molar-refractivity contribution is 5.99. The number of amides is 1. The maximum atomic E-state index is 12.8. The van der Waals surface area contributed by atoms with Crippen LogP contribution in [0, 0.1) is 13.8 Å². The van der Waals surface area contributed by atoms with E-state index in [0.29, 0.717) is 24.3 Å². The molecule has 152 valence electrons. The molecule has 0 spiro atoms. The van der Waals surface area contributed by atoms with Gasteiger partial charge in [0.2, 0.25) is 0 Å². The first-order valence-corrected chi connectivity index (χ1v) is 9.61. The van der Waals surface area contributed by atoms with Crippen LogP contribution < -0.4 is 15.0 Å². The standard InChI is InChI=1S/C22H23F2N3O2/c1-13-14(2)25-18-8-7-15(11-17(13)18)21(28)26-16-9-10-27(12-16)19-5-3-4-6-20(19)29-22(23)24/h3-8,11,16,22,25H,9-10,12H2,1-2H3,(H,26,28)/t16-/m0/s1. The predicted octanol–water partition coefficient (Wildman–Crippen LogP) is 4.39. The molecular formula is C22H23F2N3O2. The number of para-hydroxylation sites is 2. The molecule has 7 heteroatoms. The van der Waals surface area contributed by atoms with Gasteiger partial charge in [0, 0.05) is 41.3 Å². The summed E-state index contributed by atoms with van der Waals surface area (Å²) in [5, 5.41) is 4.11. The Morgan fingerprint density at radius 1 is 1.24 bits per heavy atom. The summed E-state index contributed by atoms with van der Waals surface area (Å²) in [6, 6.07) is 12.3. The van der Waals surface area contributed by atoms with Crippen LogP contribution >= 0.6 is 0 Å². The molecule has 4 rings (SSSR count). The summed E-state index contributed by atoms with van der Waals surface area (Å²) in [6.07, 6.45) is 0.735. The molecule has 3 aromatic rings. The number of hydrogen-bond donors (Lipinski definition) is 2. The smallest absolute Gasteiger partial charge is 0.387 e. The third-order valence-electron chi connectivity index (χ3n) is 5.52. The SMILES string of the molecule is Cc1[nH]c2ccc(C(=O)N[C@H]3CCN(c4ccccc4OC(F)F)C3)cc2c1C. The van der Waals surface area contributed by atoms with Crippen molar-refractivity contribution in [3.63, 3.8) is 0 Å². The Labute approximate surface area is 167 Å². The van der Waals surface area contributed by atoms with Gasteiger partial charge in [-0.25, -0.2) is 0 Å². The van der Waals surface area contributed by atoms with Gasteiger partial charge >= 0.3 is 6.61 Å². The fraction of sp³-hybridized carbons (Fsp3) is 0.318. The van der Waals surface area contributed by atoms with Crippen molar-refractivity contribution in [1.82, 2.24) is 10.3 Å². The van der Waals surface area contributed by atoms with Crippen molar-refractivity contribution in [1.29, 1.82) is 0 Å². The van der Waals surface area contributed by atoms with Crippen molar-refractivity contribution in [2.45, 2.75) is 32.9 Å². The molecule has 5 nitrogen and oxygen atoms in total. The summed E-state index contributed by atoms with van der Waals surface area (Å²) in [5.41, 5.74) is 4.47. The molecule has 2 aromatic carbocycles. The van der Waals surface area contributed by atoms with Gasteiger partial charge in [-0.1, -0.05) is 12.1 Å². The summed E-state index contributed by atoms with van der Waals surface area (Å²) in [4.78, 5) is 18.0. The number of nitrogens with one attached hydrogen (secondary N) is 2. The highest BCUT2D eigenvalue weighted by atomic mass is 19.3. The van der Waals surface area contributed by atoms with Crippen LogP contribution in [0.25, 0.3) is 10.9 Å². The van der Waals surface area contributed by atoms with E-state index in [9.17, 15) is 13.6 Å². The number of aryl methyl sites for hydroxylation is 2. The number of ether oxygens (including phenoxy) is 1. The van der Waals surface area contributed by atoms with Crippen LogP contribution in [0.4, 0.5) is 14.5 Å². The molecule has 0 unspecified atom stereocenters. The van der Waals surface area contributed by atoms with Crippen LogP contribution in [0.3, 0.4) is 0 Å². The number of aromatic nitrogens is 1. The van der Waals surface area contributed by atoms with Crippen molar-refractivity contribution < 1.29 is 18.3 Å². The van der Waals surface area contributed by atoms with Crippen LogP contribution in [-0.4, -0.2) is 36.6 Å². The Morgan fingerprint density at radius 2 is 2.03 bits per heavy atom. The fourth-order valence-corrected chi connectivity index (χ4v) is 3.88. The summed E-state index contributed by atoms with van der Waals surface area (Å²) < 4.78 is 30.0. The Kier molecular flexibility index (Phi) is 5.13. The lowest BCUT2D eigenvalue weighted by atomic mass is 10.1. The van der Waals surface area contributed by atoms with E-state index in [0.717, 1.165) is 28.6 Å². The Morgan fingerprint density at radius 3 is 2.83 bits per heavy atom. The molecule has 1 amide bonds. The normalized spacial score (nSPS) is 16.6. The van der Waals surface area contributed by atoms with E-state index in [1.54, 1.807) is 18.2 Å². The van der Waals surface area contributed by atoms with Crippen molar-refractivity contribution in [3.05, 3.63) is 59.3 Å². The average molecular weight is 399 g/mol. The van der Waals surface area contributed by atoms with E-state index < -0.39 is 6.61 Å².